The Morgan fingerprint density at radius 2 is 1.91 bits per heavy atom. The molecule has 6 nitrogen and oxygen atoms in total. The number of benzene rings is 2. The molecule has 0 atom stereocenters. The Labute approximate surface area is 186 Å². The molecule has 0 spiro atoms. The molecule has 0 unspecified atom stereocenters. The minimum absolute atomic E-state index is 0.243. The first-order chi connectivity index (χ1) is 15.5. The molecule has 1 amide bonds. The van der Waals surface area contributed by atoms with Crippen molar-refractivity contribution in [1.29, 1.82) is 5.26 Å². The fourth-order valence-corrected chi connectivity index (χ4v) is 3.98. The SMILES string of the molecule is CCc1cccc(C)c1Nc1c(-c2ccccc2OCC(N)=O)c(C#N)c2ccccn12. The second kappa shape index (κ2) is 8.86. The zero-order chi connectivity index (χ0) is 22.7. The molecule has 0 radical (unpaired) electrons. The van der Waals surface area contributed by atoms with Crippen molar-refractivity contribution in [3.05, 3.63) is 83.6 Å². The Hall–Kier alpha value is -4.24. The lowest BCUT2D eigenvalue weighted by molar-refractivity contribution is -0.119. The third kappa shape index (κ3) is 3.77. The third-order valence-electron chi connectivity index (χ3n) is 5.47. The topological polar surface area (TPSA) is 92.5 Å². The minimum Gasteiger partial charge on any atom is -0.483 e. The number of anilines is 2. The first kappa shape index (κ1) is 21.0. The van der Waals surface area contributed by atoms with E-state index < -0.39 is 5.91 Å². The number of ether oxygens (including phenoxy) is 1. The molecule has 160 valence electrons. The van der Waals surface area contributed by atoms with Gasteiger partial charge < -0.3 is 20.2 Å². The summed E-state index contributed by atoms with van der Waals surface area (Å²) in [5, 5.41) is 13.7. The van der Waals surface area contributed by atoms with E-state index in [0.29, 0.717) is 22.4 Å². The van der Waals surface area contributed by atoms with Crippen LogP contribution in [0.15, 0.2) is 66.9 Å². The molecule has 0 aliphatic carbocycles. The maximum Gasteiger partial charge on any atom is 0.255 e. The van der Waals surface area contributed by atoms with Crippen LogP contribution in [0.1, 0.15) is 23.6 Å². The van der Waals surface area contributed by atoms with Crippen molar-refractivity contribution in [2.75, 3.05) is 11.9 Å². The number of fused-ring (bicyclic) bond motifs is 1. The molecule has 0 saturated carbocycles. The van der Waals surface area contributed by atoms with E-state index in [2.05, 4.69) is 37.4 Å². The molecule has 0 saturated heterocycles. The van der Waals surface area contributed by atoms with E-state index in [1.54, 1.807) is 6.07 Å². The summed E-state index contributed by atoms with van der Waals surface area (Å²) in [6.07, 6.45) is 2.80. The lowest BCUT2D eigenvalue weighted by atomic mass is 10.0. The average molecular weight is 425 g/mol. The Kier molecular flexibility index (Phi) is 5.82. The molecule has 0 bridgehead atoms. The summed E-state index contributed by atoms with van der Waals surface area (Å²) in [5.41, 5.74) is 11.3. The standard InChI is InChI=1S/C26H24N4O2/c1-3-18-10-8-9-17(2)25(18)29-26-24(20(15-27)21-12-6-7-14-30(21)26)19-11-4-5-13-22(19)32-16-23(28)31/h4-14,29H,3,16H2,1-2H3,(H2,28,31). The van der Waals surface area contributed by atoms with E-state index in [1.165, 1.54) is 5.56 Å². The second-order valence-corrected chi connectivity index (χ2v) is 7.51. The minimum atomic E-state index is -0.562. The van der Waals surface area contributed by atoms with Crippen molar-refractivity contribution < 1.29 is 9.53 Å². The second-order valence-electron chi connectivity index (χ2n) is 7.51. The molecule has 0 aliphatic heterocycles. The molecule has 2 aromatic heterocycles. The number of hydrogen-bond donors (Lipinski definition) is 2. The average Bonchev–Trinajstić information content (AvgIpc) is 3.12. The number of aryl methyl sites for hydroxylation is 2. The van der Waals surface area contributed by atoms with Crippen LogP contribution < -0.4 is 15.8 Å². The van der Waals surface area contributed by atoms with E-state index in [1.807, 2.05) is 53.1 Å². The fraction of sp³-hybridized carbons (Fsp3) is 0.154. The van der Waals surface area contributed by atoms with Crippen LogP contribution in [0.3, 0.4) is 0 Å². The van der Waals surface area contributed by atoms with E-state index in [0.717, 1.165) is 29.0 Å². The number of aromatic nitrogens is 1. The van der Waals surface area contributed by atoms with Crippen LogP contribution in [-0.4, -0.2) is 16.9 Å². The van der Waals surface area contributed by atoms with Crippen LogP contribution in [0.2, 0.25) is 0 Å². The maximum absolute atomic E-state index is 11.3. The Morgan fingerprint density at radius 1 is 1.12 bits per heavy atom. The van der Waals surface area contributed by atoms with Gasteiger partial charge in [-0.15, -0.1) is 0 Å². The normalized spacial score (nSPS) is 10.7. The summed E-state index contributed by atoms with van der Waals surface area (Å²) < 4.78 is 7.68. The highest BCUT2D eigenvalue weighted by Crippen LogP contribution is 2.42. The van der Waals surface area contributed by atoms with Gasteiger partial charge in [-0.1, -0.05) is 49.4 Å². The van der Waals surface area contributed by atoms with Gasteiger partial charge >= 0.3 is 0 Å². The molecular formula is C26H24N4O2. The summed E-state index contributed by atoms with van der Waals surface area (Å²) in [7, 11) is 0. The first-order valence-electron chi connectivity index (χ1n) is 10.4. The zero-order valence-electron chi connectivity index (χ0n) is 18.1. The van der Waals surface area contributed by atoms with E-state index in [9.17, 15) is 10.1 Å². The predicted molar refractivity (Wildman–Crippen MR) is 126 cm³/mol. The van der Waals surface area contributed by atoms with Crippen molar-refractivity contribution in [1.82, 2.24) is 4.40 Å². The van der Waals surface area contributed by atoms with E-state index in [-0.39, 0.29) is 6.61 Å². The zero-order valence-corrected chi connectivity index (χ0v) is 18.1. The smallest absolute Gasteiger partial charge is 0.255 e. The highest BCUT2D eigenvalue weighted by Gasteiger charge is 2.23. The molecule has 32 heavy (non-hydrogen) atoms. The summed E-state index contributed by atoms with van der Waals surface area (Å²) >= 11 is 0. The molecule has 6 heteroatoms. The molecule has 0 aliphatic rings. The number of nitrogens with zero attached hydrogens (tertiary/aromatic N) is 2. The third-order valence-corrected chi connectivity index (χ3v) is 5.47. The fourth-order valence-electron chi connectivity index (χ4n) is 3.98. The number of rotatable bonds is 7. The van der Waals surface area contributed by atoms with Crippen LogP contribution in [0.5, 0.6) is 5.75 Å². The summed E-state index contributed by atoms with van der Waals surface area (Å²) in [6.45, 7) is 3.93. The Morgan fingerprint density at radius 3 is 2.66 bits per heavy atom. The Bertz CT molecular complexity index is 1350. The molecule has 2 aromatic carbocycles. The number of nitrogens with two attached hydrogens (primary N) is 1. The number of nitrogens with one attached hydrogen (secondary N) is 1. The quantitative estimate of drug-likeness (QED) is 0.439. The highest BCUT2D eigenvalue weighted by atomic mass is 16.5. The van der Waals surface area contributed by atoms with E-state index in [4.69, 9.17) is 10.5 Å². The number of hydrogen-bond acceptors (Lipinski definition) is 4. The van der Waals surface area contributed by atoms with Gasteiger partial charge in [-0.3, -0.25) is 4.79 Å². The van der Waals surface area contributed by atoms with Crippen LogP contribution in [0.25, 0.3) is 16.6 Å². The van der Waals surface area contributed by atoms with Gasteiger partial charge in [0.05, 0.1) is 11.1 Å². The monoisotopic (exact) mass is 424 g/mol. The number of carbonyl (C=O) groups is 1. The number of pyridine rings is 1. The van der Waals surface area contributed by atoms with Crippen molar-refractivity contribution in [2.45, 2.75) is 20.3 Å². The maximum atomic E-state index is 11.3. The molecule has 4 aromatic rings. The molecule has 0 fully saturated rings. The van der Waals surface area contributed by atoms with Gasteiger partial charge in [0, 0.05) is 23.0 Å². The van der Waals surface area contributed by atoms with E-state index >= 15 is 0 Å². The number of para-hydroxylation sites is 2. The van der Waals surface area contributed by atoms with Gasteiger partial charge in [-0.2, -0.15) is 5.26 Å². The number of carbonyl (C=O) groups excluding carboxylic acids is 1. The molecular weight excluding hydrogens is 400 g/mol. The number of nitriles is 1. The van der Waals surface area contributed by atoms with Crippen LogP contribution in [-0.2, 0) is 11.2 Å². The summed E-state index contributed by atoms with van der Waals surface area (Å²) in [4.78, 5) is 11.3. The van der Waals surface area contributed by atoms with Crippen LogP contribution in [0.4, 0.5) is 11.5 Å². The van der Waals surface area contributed by atoms with Crippen LogP contribution >= 0.6 is 0 Å². The molecule has 3 N–H and O–H groups in total. The lowest BCUT2D eigenvalue weighted by Gasteiger charge is -2.17. The number of amides is 1. The molecule has 2 heterocycles. The highest BCUT2D eigenvalue weighted by molar-refractivity contribution is 5.94. The summed E-state index contributed by atoms with van der Waals surface area (Å²) in [6, 6.07) is 21.7. The van der Waals surface area contributed by atoms with Gasteiger partial charge in [0.25, 0.3) is 5.91 Å². The van der Waals surface area contributed by atoms with Gasteiger partial charge in [-0.25, -0.2) is 0 Å². The van der Waals surface area contributed by atoms with Crippen molar-refractivity contribution in [3.8, 4) is 22.9 Å². The van der Waals surface area contributed by atoms with Crippen LogP contribution in [0, 0.1) is 18.3 Å². The predicted octanol–water partition coefficient (Wildman–Crippen LogP) is 4.96. The van der Waals surface area contributed by atoms with Gasteiger partial charge in [0.15, 0.2) is 6.61 Å². The first-order valence-corrected chi connectivity index (χ1v) is 10.4. The van der Waals surface area contributed by atoms with Crippen molar-refractivity contribution in [3.63, 3.8) is 0 Å². The number of primary amides is 1. The van der Waals surface area contributed by atoms with Gasteiger partial charge in [-0.05, 0) is 42.7 Å². The van der Waals surface area contributed by atoms with Gasteiger partial charge in [0.2, 0.25) is 0 Å². The molecule has 4 rings (SSSR count). The van der Waals surface area contributed by atoms with Gasteiger partial charge in [0.1, 0.15) is 17.6 Å². The lowest BCUT2D eigenvalue weighted by Crippen LogP contribution is -2.20. The van der Waals surface area contributed by atoms with Crippen molar-refractivity contribution >= 4 is 22.9 Å². The van der Waals surface area contributed by atoms with Crippen molar-refractivity contribution in [2.24, 2.45) is 5.73 Å². The largest absolute Gasteiger partial charge is 0.483 e. The Balaban J connectivity index is 1.99. The summed E-state index contributed by atoms with van der Waals surface area (Å²) in [5.74, 6) is 0.687.